The number of rotatable bonds is 4. The fourth-order valence-corrected chi connectivity index (χ4v) is 1.87. The van der Waals surface area contributed by atoms with Gasteiger partial charge >= 0.3 is 0 Å². The van der Waals surface area contributed by atoms with Crippen LogP contribution in [0.3, 0.4) is 0 Å². The molecule has 0 saturated heterocycles. The smallest absolute Gasteiger partial charge is 0.287 e. The molecule has 8 heteroatoms. The van der Waals surface area contributed by atoms with Gasteiger partial charge in [-0.1, -0.05) is 0 Å². The van der Waals surface area contributed by atoms with Crippen LogP contribution in [-0.4, -0.2) is 29.3 Å². The molecule has 0 spiro atoms. The molecule has 1 aliphatic rings. The molecule has 8 nitrogen and oxygen atoms in total. The molecule has 3 rings (SSSR count). The zero-order valence-corrected chi connectivity index (χ0v) is 11.4. The van der Waals surface area contributed by atoms with Crippen LogP contribution in [0.15, 0.2) is 41.6 Å². The highest BCUT2D eigenvalue weighted by molar-refractivity contribution is 5.81. The predicted molar refractivity (Wildman–Crippen MR) is 79.5 cm³/mol. The lowest BCUT2D eigenvalue weighted by molar-refractivity contribution is -0.385. The Labute approximate surface area is 125 Å². The van der Waals surface area contributed by atoms with Crippen molar-refractivity contribution < 1.29 is 14.4 Å². The number of nitrogens with one attached hydrogen (secondary N) is 1. The van der Waals surface area contributed by atoms with Crippen molar-refractivity contribution in [3.8, 4) is 11.5 Å². The third-order valence-electron chi connectivity index (χ3n) is 2.92. The Kier molecular flexibility index (Phi) is 3.82. The highest BCUT2D eigenvalue weighted by Gasteiger charge is 2.10. The van der Waals surface area contributed by atoms with Gasteiger partial charge in [0.15, 0.2) is 11.5 Å². The summed E-state index contributed by atoms with van der Waals surface area (Å²) in [6.07, 6.45) is 2.77. The quantitative estimate of drug-likeness (QED) is 0.528. The van der Waals surface area contributed by atoms with Gasteiger partial charge in [0.2, 0.25) is 0 Å². The molecule has 0 amide bonds. The molecule has 112 valence electrons. The first kappa shape index (κ1) is 13.8. The number of hydrogen-bond acceptors (Lipinski definition) is 7. The van der Waals surface area contributed by atoms with E-state index in [2.05, 4.69) is 15.5 Å². The van der Waals surface area contributed by atoms with E-state index in [9.17, 15) is 10.1 Å². The van der Waals surface area contributed by atoms with Crippen molar-refractivity contribution in [2.24, 2.45) is 5.10 Å². The zero-order valence-electron chi connectivity index (χ0n) is 11.4. The van der Waals surface area contributed by atoms with E-state index in [0.717, 1.165) is 5.56 Å². The van der Waals surface area contributed by atoms with Gasteiger partial charge in [0, 0.05) is 6.07 Å². The maximum absolute atomic E-state index is 10.5. The van der Waals surface area contributed by atoms with Crippen molar-refractivity contribution in [1.82, 2.24) is 4.98 Å². The number of fused-ring (bicyclic) bond motifs is 1. The summed E-state index contributed by atoms with van der Waals surface area (Å²) in [4.78, 5) is 13.9. The van der Waals surface area contributed by atoms with Crippen molar-refractivity contribution in [3.05, 3.63) is 52.2 Å². The van der Waals surface area contributed by atoms with E-state index in [-0.39, 0.29) is 5.69 Å². The maximum Gasteiger partial charge on any atom is 0.287 e. The molecule has 0 radical (unpaired) electrons. The third kappa shape index (κ3) is 3.11. The van der Waals surface area contributed by atoms with E-state index in [4.69, 9.17) is 9.47 Å². The summed E-state index contributed by atoms with van der Waals surface area (Å²) in [7, 11) is 0. The Morgan fingerprint density at radius 1 is 1.23 bits per heavy atom. The van der Waals surface area contributed by atoms with Crippen molar-refractivity contribution in [2.75, 3.05) is 18.6 Å². The van der Waals surface area contributed by atoms with E-state index in [1.807, 2.05) is 18.2 Å². The van der Waals surface area contributed by atoms with Gasteiger partial charge in [-0.2, -0.15) is 5.10 Å². The summed E-state index contributed by atoms with van der Waals surface area (Å²) in [6.45, 7) is 1.08. The molecule has 1 aliphatic heterocycles. The molecule has 0 unspecified atom stereocenters. The van der Waals surface area contributed by atoms with Gasteiger partial charge in [0.25, 0.3) is 5.69 Å². The Morgan fingerprint density at radius 2 is 2.05 bits per heavy atom. The van der Waals surface area contributed by atoms with Crippen LogP contribution in [0.2, 0.25) is 0 Å². The normalized spacial score (nSPS) is 13.1. The maximum atomic E-state index is 10.5. The van der Waals surface area contributed by atoms with E-state index < -0.39 is 4.92 Å². The fraction of sp³-hybridized carbons (Fsp3) is 0.143. The molecule has 22 heavy (non-hydrogen) atoms. The van der Waals surface area contributed by atoms with E-state index in [0.29, 0.717) is 30.5 Å². The first-order valence-electron chi connectivity index (χ1n) is 6.51. The van der Waals surface area contributed by atoms with Crippen LogP contribution in [0.25, 0.3) is 0 Å². The highest BCUT2D eigenvalue weighted by atomic mass is 16.6. The second-order valence-corrected chi connectivity index (χ2v) is 4.43. The predicted octanol–water partition coefficient (Wildman–Crippen LogP) is 2.21. The third-order valence-corrected chi connectivity index (χ3v) is 2.92. The van der Waals surface area contributed by atoms with Gasteiger partial charge in [-0.3, -0.25) is 15.5 Å². The topological polar surface area (TPSA) is 98.9 Å². The van der Waals surface area contributed by atoms with Crippen LogP contribution < -0.4 is 14.9 Å². The van der Waals surface area contributed by atoms with Crippen molar-refractivity contribution in [3.63, 3.8) is 0 Å². The summed E-state index contributed by atoms with van der Waals surface area (Å²) in [5.74, 6) is 1.82. The van der Waals surface area contributed by atoms with E-state index in [1.165, 1.54) is 18.3 Å². The summed E-state index contributed by atoms with van der Waals surface area (Å²) >= 11 is 0. The monoisotopic (exact) mass is 300 g/mol. The Hall–Kier alpha value is -3.16. The summed E-state index contributed by atoms with van der Waals surface area (Å²) in [5, 5.41) is 14.6. The largest absolute Gasteiger partial charge is 0.486 e. The number of anilines is 1. The minimum atomic E-state index is -0.505. The van der Waals surface area contributed by atoms with Crippen LogP contribution in [-0.2, 0) is 0 Å². The SMILES string of the molecule is O=[N+]([O-])c1ccc(N/N=C/c2ccc3c(c2)OCCO3)nc1. The minimum absolute atomic E-state index is 0.0682. The molecule has 2 heterocycles. The van der Waals surface area contributed by atoms with Gasteiger partial charge in [-0.25, -0.2) is 4.98 Å². The molecule has 0 atom stereocenters. The van der Waals surface area contributed by atoms with E-state index >= 15 is 0 Å². The number of benzene rings is 1. The molecule has 1 N–H and O–H groups in total. The van der Waals surface area contributed by atoms with Gasteiger partial charge < -0.3 is 9.47 Å². The molecular formula is C14H12N4O4. The summed E-state index contributed by atoms with van der Waals surface area (Å²) < 4.78 is 10.9. The molecule has 1 aromatic heterocycles. The Bertz CT molecular complexity index is 715. The van der Waals surface area contributed by atoms with Crippen LogP contribution in [0.5, 0.6) is 11.5 Å². The second kappa shape index (κ2) is 6.08. The van der Waals surface area contributed by atoms with Crippen LogP contribution in [0, 0.1) is 10.1 Å². The molecule has 0 aliphatic carbocycles. The van der Waals surface area contributed by atoms with Crippen LogP contribution in [0.1, 0.15) is 5.56 Å². The number of ether oxygens (including phenoxy) is 2. The molecule has 0 saturated carbocycles. The fourth-order valence-electron chi connectivity index (χ4n) is 1.87. The Balaban J connectivity index is 1.65. The lowest BCUT2D eigenvalue weighted by Crippen LogP contribution is -2.15. The van der Waals surface area contributed by atoms with Crippen LogP contribution in [0.4, 0.5) is 11.5 Å². The summed E-state index contributed by atoms with van der Waals surface area (Å²) in [6, 6.07) is 8.33. The number of nitrogens with zero attached hydrogens (tertiary/aromatic N) is 3. The van der Waals surface area contributed by atoms with E-state index in [1.54, 1.807) is 6.21 Å². The Morgan fingerprint density at radius 3 is 2.77 bits per heavy atom. The average molecular weight is 300 g/mol. The van der Waals surface area contributed by atoms with Gasteiger partial charge in [0.05, 0.1) is 11.1 Å². The minimum Gasteiger partial charge on any atom is -0.486 e. The van der Waals surface area contributed by atoms with Crippen molar-refractivity contribution in [1.29, 1.82) is 0 Å². The molecule has 1 aromatic carbocycles. The average Bonchev–Trinajstić information content (AvgIpc) is 2.55. The number of aromatic nitrogens is 1. The molecule has 2 aromatic rings. The molecule has 0 bridgehead atoms. The number of hydrazone groups is 1. The summed E-state index contributed by atoms with van der Waals surface area (Å²) in [5.41, 5.74) is 3.47. The van der Waals surface area contributed by atoms with Gasteiger partial charge in [-0.15, -0.1) is 0 Å². The van der Waals surface area contributed by atoms with Crippen molar-refractivity contribution in [2.45, 2.75) is 0 Å². The van der Waals surface area contributed by atoms with Gasteiger partial charge in [-0.05, 0) is 29.8 Å². The lowest BCUT2D eigenvalue weighted by atomic mass is 10.2. The molecule has 0 fully saturated rings. The second-order valence-electron chi connectivity index (χ2n) is 4.43. The number of pyridine rings is 1. The number of hydrogen-bond donors (Lipinski definition) is 1. The first-order chi connectivity index (χ1) is 10.7. The van der Waals surface area contributed by atoms with Crippen LogP contribution >= 0.6 is 0 Å². The zero-order chi connectivity index (χ0) is 15.4. The molecular weight excluding hydrogens is 288 g/mol. The lowest BCUT2D eigenvalue weighted by Gasteiger charge is -2.18. The number of nitro groups is 1. The highest BCUT2D eigenvalue weighted by Crippen LogP contribution is 2.30. The standard InChI is InChI=1S/C14H12N4O4/c19-18(20)11-2-4-14(15-9-11)17-16-8-10-1-3-12-13(7-10)22-6-5-21-12/h1-4,7-9H,5-6H2,(H,15,17)/b16-8+. The van der Waals surface area contributed by atoms with Crippen molar-refractivity contribution >= 4 is 17.7 Å². The van der Waals surface area contributed by atoms with Gasteiger partial charge in [0.1, 0.15) is 25.2 Å². The first-order valence-corrected chi connectivity index (χ1v) is 6.51.